The normalized spacial score (nSPS) is 17.6. The first-order valence-electron chi connectivity index (χ1n) is 34.9. The molecule has 6 aliphatic rings. The molecule has 3 aliphatic heterocycles. The maximum atomic E-state index is 6.16. The molecule has 0 spiro atoms. The summed E-state index contributed by atoms with van der Waals surface area (Å²) >= 11 is 0. The molecule has 3 saturated carbocycles. The number of nitrogens with one attached hydrogen (secondary N) is 1. The molecule has 0 radical (unpaired) electrons. The second kappa shape index (κ2) is 35.3. The van der Waals surface area contributed by atoms with Crippen LogP contribution in [0.3, 0.4) is 0 Å². The van der Waals surface area contributed by atoms with Crippen LogP contribution in [-0.2, 0) is 66.1 Å². The van der Waals surface area contributed by atoms with E-state index in [9.17, 15) is 0 Å². The third-order valence-electron chi connectivity index (χ3n) is 20.1. The Morgan fingerprint density at radius 2 is 0.747 bits per heavy atom. The van der Waals surface area contributed by atoms with Gasteiger partial charge in [0.25, 0.3) is 0 Å². The topological polar surface area (TPSA) is 170 Å². The van der Waals surface area contributed by atoms with Gasteiger partial charge >= 0.3 is 0 Å². The standard InChI is InChI=1S/2C26H37N5O2.C21H31N3O2.3ClH/c2*1-29(2)16-22-24(32-18-20-4-5-20)9-7-21-23(28-33-26(21)22)8-6-19-10-13-31(14-11-19)17-25-27-12-15-30(25)3;1-24(2)13-18-20(25-14-16-3-4-16)8-6-17-19(23-26-21(17)18)7-5-15-9-11-22-12-10-15;;;/h2*7,9,12,15,19-20H,4-6,8,10-11,13-14,16-18H2,1-3H3;6,8,15-16,22H,3-5,7,9-14H2,1-2H3;3*1H. The summed E-state index contributed by atoms with van der Waals surface area (Å²) in [6, 6.07) is 12.8. The first kappa shape index (κ1) is 73.8. The second-order valence-electron chi connectivity index (χ2n) is 28.8. The molecule has 0 bridgehead atoms. The van der Waals surface area contributed by atoms with Gasteiger partial charge in [-0.15, -0.1) is 37.2 Å². The predicted molar refractivity (Wildman–Crippen MR) is 384 cm³/mol. The number of aryl methyl sites for hydroxylation is 5. The molecule has 0 unspecified atom stereocenters. The van der Waals surface area contributed by atoms with E-state index in [1.807, 2.05) is 24.8 Å². The van der Waals surface area contributed by atoms with E-state index < -0.39 is 0 Å². The lowest BCUT2D eigenvalue weighted by Gasteiger charge is -2.31. The highest BCUT2D eigenvalue weighted by Crippen LogP contribution is 2.39. The molecular weight excluding hydrogens is 1260 g/mol. The van der Waals surface area contributed by atoms with Crippen LogP contribution in [0.2, 0.25) is 0 Å². The predicted octanol–water partition coefficient (Wildman–Crippen LogP) is 13.4. The number of ether oxygens (including phenoxy) is 3. The maximum absolute atomic E-state index is 6.16. The highest BCUT2D eigenvalue weighted by atomic mass is 35.5. The van der Waals surface area contributed by atoms with Crippen LogP contribution in [0.15, 0.2) is 74.8 Å². The minimum Gasteiger partial charge on any atom is -0.493 e. The van der Waals surface area contributed by atoms with Crippen molar-refractivity contribution in [1.29, 1.82) is 0 Å². The summed E-state index contributed by atoms with van der Waals surface area (Å²) in [6.07, 6.45) is 29.6. The first-order valence-corrected chi connectivity index (χ1v) is 34.9. The largest absolute Gasteiger partial charge is 0.493 e. The number of hydrogen-bond acceptors (Lipinski definition) is 17. The van der Waals surface area contributed by atoms with Gasteiger partial charge in [-0.25, -0.2) is 9.97 Å². The Balaban J connectivity index is 0.000000166. The van der Waals surface area contributed by atoms with Crippen molar-refractivity contribution < 1.29 is 27.8 Å². The van der Waals surface area contributed by atoms with Crippen molar-refractivity contribution in [2.75, 3.05) is 101 Å². The monoisotopic (exact) mass is 1370 g/mol. The van der Waals surface area contributed by atoms with Gasteiger partial charge in [-0.2, -0.15) is 0 Å². The summed E-state index contributed by atoms with van der Waals surface area (Å²) in [4.78, 5) is 20.5. The molecule has 14 rings (SSSR count). The summed E-state index contributed by atoms with van der Waals surface area (Å²) in [5.41, 5.74) is 9.38. The van der Waals surface area contributed by atoms with Gasteiger partial charge in [0.05, 0.1) is 66.7 Å². The van der Waals surface area contributed by atoms with E-state index in [0.717, 1.165) is 242 Å². The van der Waals surface area contributed by atoms with Crippen molar-refractivity contribution in [3.05, 3.63) is 107 Å². The van der Waals surface area contributed by atoms with Crippen LogP contribution in [0.25, 0.3) is 32.9 Å². The van der Waals surface area contributed by atoms with E-state index >= 15 is 0 Å². The number of likely N-dealkylation sites (tertiary alicyclic amines) is 2. The van der Waals surface area contributed by atoms with Crippen LogP contribution in [0.5, 0.6) is 17.2 Å². The Hall–Kier alpha value is -5.48. The molecule has 8 aromatic rings. The minimum absolute atomic E-state index is 0. The number of halogens is 3. The Morgan fingerprint density at radius 3 is 1.03 bits per heavy atom. The lowest BCUT2D eigenvalue weighted by Crippen LogP contribution is -2.34. The Morgan fingerprint density at radius 1 is 0.432 bits per heavy atom. The summed E-state index contributed by atoms with van der Waals surface area (Å²) in [6.45, 7) is 13.6. The van der Waals surface area contributed by atoms with Gasteiger partial charge < -0.3 is 56.9 Å². The summed E-state index contributed by atoms with van der Waals surface area (Å²) in [5, 5.41) is 20.3. The molecule has 3 saturated heterocycles. The molecular formula is C73H108Cl3N13O6. The number of nitrogens with zero attached hydrogens (tertiary/aromatic N) is 12. The second-order valence-corrected chi connectivity index (χ2v) is 28.8. The van der Waals surface area contributed by atoms with Crippen molar-refractivity contribution in [3.63, 3.8) is 0 Å². The average molecular weight is 1370 g/mol. The van der Waals surface area contributed by atoms with Crippen molar-refractivity contribution in [3.8, 4) is 17.2 Å². The third kappa shape index (κ3) is 20.6. The van der Waals surface area contributed by atoms with Crippen LogP contribution in [0.1, 0.15) is 142 Å². The van der Waals surface area contributed by atoms with Crippen LogP contribution >= 0.6 is 37.2 Å². The zero-order valence-electron chi connectivity index (χ0n) is 57.9. The zero-order valence-corrected chi connectivity index (χ0v) is 60.4. The van der Waals surface area contributed by atoms with Crippen molar-refractivity contribution in [2.45, 2.75) is 148 Å². The van der Waals surface area contributed by atoms with Gasteiger partial charge in [0, 0.05) is 74.7 Å². The Labute approximate surface area is 582 Å². The van der Waals surface area contributed by atoms with Gasteiger partial charge in [0.1, 0.15) is 28.9 Å². The molecule has 8 heterocycles. The number of hydrogen-bond donors (Lipinski definition) is 1. The average Bonchev–Trinajstić information content (AvgIpc) is 1.71. The molecule has 3 aliphatic carbocycles. The molecule has 22 heteroatoms. The maximum Gasteiger partial charge on any atom is 0.175 e. The molecule has 1 N–H and O–H groups in total. The van der Waals surface area contributed by atoms with Crippen LogP contribution in [-0.4, -0.2) is 160 Å². The smallest absolute Gasteiger partial charge is 0.175 e. The van der Waals surface area contributed by atoms with Gasteiger partial charge in [-0.3, -0.25) is 9.80 Å². The summed E-state index contributed by atoms with van der Waals surface area (Å²) in [7, 11) is 16.6. The van der Waals surface area contributed by atoms with Gasteiger partial charge in [0.15, 0.2) is 16.7 Å². The fraction of sp³-hybridized carbons (Fsp3) is 0.630. The molecule has 0 amide bonds. The third-order valence-corrected chi connectivity index (χ3v) is 20.1. The Bertz CT molecular complexity index is 3430. The molecule has 3 aromatic carbocycles. The van der Waals surface area contributed by atoms with E-state index in [0.29, 0.717) is 0 Å². The number of fused-ring (bicyclic) bond motifs is 3. The highest BCUT2D eigenvalue weighted by molar-refractivity contribution is 5.87. The SMILES string of the molecule is CN(C)Cc1c(OCC2CC2)ccc2c(CCC3CCN(Cc4nccn4C)CC3)noc12.CN(C)Cc1c(OCC2CC2)ccc2c(CCC3CCN(Cc4nccn4C)CC3)noc12.CN(C)Cc1c(OCC2CC2)ccc2c(CCC3CCNCC3)noc12.Cl.Cl.Cl. The molecule has 0 atom stereocenters. The van der Waals surface area contributed by atoms with Gasteiger partial charge in [0.2, 0.25) is 0 Å². The van der Waals surface area contributed by atoms with E-state index in [1.54, 1.807) is 0 Å². The van der Waals surface area contributed by atoms with Crippen LogP contribution < -0.4 is 19.5 Å². The molecule has 5 aromatic heterocycles. The minimum atomic E-state index is 0. The van der Waals surface area contributed by atoms with E-state index in [2.05, 4.69) is 157 Å². The lowest BCUT2D eigenvalue weighted by atomic mass is 9.91. The molecule has 95 heavy (non-hydrogen) atoms. The molecule has 19 nitrogen and oxygen atoms in total. The number of imidazole rings is 2. The molecule has 522 valence electrons. The number of aromatic nitrogens is 7. The fourth-order valence-corrected chi connectivity index (χ4v) is 13.7. The van der Waals surface area contributed by atoms with Gasteiger partial charge in [-0.05, 0) is 269 Å². The van der Waals surface area contributed by atoms with Crippen molar-refractivity contribution >= 4 is 70.1 Å². The van der Waals surface area contributed by atoms with Crippen molar-refractivity contribution in [1.82, 2.24) is 64.4 Å². The highest BCUT2D eigenvalue weighted by Gasteiger charge is 2.29. The zero-order chi connectivity index (χ0) is 63.5. The van der Waals surface area contributed by atoms with Crippen LogP contribution in [0, 0.1) is 35.5 Å². The van der Waals surface area contributed by atoms with Crippen molar-refractivity contribution in [2.24, 2.45) is 49.6 Å². The quantitative estimate of drug-likeness (QED) is 0.0491. The fourth-order valence-electron chi connectivity index (χ4n) is 13.7. The summed E-state index contributed by atoms with van der Waals surface area (Å²) < 4.78 is 40.3. The van der Waals surface area contributed by atoms with E-state index in [1.165, 1.54) is 96.3 Å². The number of rotatable bonds is 28. The lowest BCUT2D eigenvalue weighted by molar-refractivity contribution is 0.167. The molecule has 6 fully saturated rings. The van der Waals surface area contributed by atoms with E-state index in [-0.39, 0.29) is 37.2 Å². The van der Waals surface area contributed by atoms with E-state index in [4.69, 9.17) is 27.8 Å². The number of benzene rings is 3. The summed E-state index contributed by atoms with van der Waals surface area (Å²) in [5.74, 6) is 9.66. The van der Waals surface area contributed by atoms with Crippen LogP contribution in [0.4, 0.5) is 0 Å². The first-order chi connectivity index (χ1) is 44.8. The van der Waals surface area contributed by atoms with Gasteiger partial charge in [-0.1, -0.05) is 15.5 Å². The number of piperidine rings is 3. The Kier molecular flexibility index (Phi) is 27.4.